The Morgan fingerprint density at radius 2 is 1.88 bits per heavy atom. The van der Waals surface area contributed by atoms with Gasteiger partial charge in [0.25, 0.3) is 0 Å². The van der Waals surface area contributed by atoms with Crippen LogP contribution in [0.2, 0.25) is 10.0 Å². The average molecular weight is 276 g/mol. The van der Waals surface area contributed by atoms with E-state index in [-0.39, 0.29) is 5.91 Å². The number of anilines is 2. The van der Waals surface area contributed by atoms with E-state index in [1.165, 1.54) is 0 Å². The Kier molecular flexibility index (Phi) is 5.05. The molecular weight excluding hydrogens is 261 g/mol. The summed E-state index contributed by atoms with van der Waals surface area (Å²) in [6.45, 7) is 0.663. The topological polar surface area (TPSA) is 58.4 Å². The van der Waals surface area contributed by atoms with Gasteiger partial charge >= 0.3 is 0 Å². The number of amides is 1. The molecule has 6 heteroatoms. The van der Waals surface area contributed by atoms with Crippen molar-refractivity contribution >= 4 is 40.5 Å². The number of carbonyl (C=O) groups excluding carboxylic acids is 1. The van der Waals surface area contributed by atoms with Gasteiger partial charge in [0.2, 0.25) is 5.91 Å². The lowest BCUT2D eigenvalue weighted by Gasteiger charge is -2.12. The van der Waals surface area contributed by atoms with Crippen molar-refractivity contribution in [1.29, 1.82) is 0 Å². The van der Waals surface area contributed by atoms with Gasteiger partial charge in [0.05, 0.1) is 15.7 Å². The summed E-state index contributed by atoms with van der Waals surface area (Å²) in [6, 6.07) is 3.10. The van der Waals surface area contributed by atoms with E-state index in [9.17, 15) is 4.79 Å². The van der Waals surface area contributed by atoms with Crippen LogP contribution in [0.3, 0.4) is 0 Å². The summed E-state index contributed by atoms with van der Waals surface area (Å²) in [6.07, 6.45) is 0.379. The zero-order valence-electron chi connectivity index (χ0n) is 9.76. The number of nitrogens with one attached hydrogen (secondary N) is 1. The van der Waals surface area contributed by atoms with E-state index in [0.29, 0.717) is 34.4 Å². The highest BCUT2D eigenvalue weighted by Gasteiger charge is 2.10. The molecule has 1 aromatic rings. The van der Waals surface area contributed by atoms with Crippen molar-refractivity contribution in [2.75, 3.05) is 31.7 Å². The predicted octanol–water partition coefficient (Wildman–Crippen LogP) is 2.47. The second-order valence-electron chi connectivity index (χ2n) is 3.96. The van der Waals surface area contributed by atoms with E-state index in [4.69, 9.17) is 28.9 Å². The maximum absolute atomic E-state index is 11.6. The number of nitrogen functional groups attached to an aromatic ring is 1. The fraction of sp³-hybridized carbons (Fsp3) is 0.364. The molecule has 0 bridgehead atoms. The van der Waals surface area contributed by atoms with E-state index < -0.39 is 0 Å². The smallest absolute Gasteiger partial charge is 0.225 e. The SMILES string of the molecule is CN(C)CCC(=O)Nc1c(Cl)cc(N)cc1Cl. The summed E-state index contributed by atoms with van der Waals surface area (Å²) in [4.78, 5) is 13.5. The number of halogens is 2. The molecule has 0 aliphatic rings. The monoisotopic (exact) mass is 275 g/mol. The van der Waals surface area contributed by atoms with Gasteiger partial charge in [0, 0.05) is 18.7 Å². The Morgan fingerprint density at radius 1 is 1.35 bits per heavy atom. The molecule has 0 saturated carbocycles. The van der Waals surface area contributed by atoms with Crippen LogP contribution in [-0.4, -0.2) is 31.4 Å². The Labute approximate surface area is 111 Å². The van der Waals surface area contributed by atoms with Crippen molar-refractivity contribution in [1.82, 2.24) is 4.90 Å². The molecule has 1 aromatic carbocycles. The van der Waals surface area contributed by atoms with Gasteiger partial charge in [-0.05, 0) is 26.2 Å². The van der Waals surface area contributed by atoms with Crippen LogP contribution in [0.1, 0.15) is 6.42 Å². The maximum Gasteiger partial charge on any atom is 0.225 e. The van der Waals surface area contributed by atoms with Crippen molar-refractivity contribution in [3.8, 4) is 0 Å². The molecule has 0 aliphatic heterocycles. The second-order valence-corrected chi connectivity index (χ2v) is 4.78. The van der Waals surface area contributed by atoms with Gasteiger partial charge in [-0.15, -0.1) is 0 Å². The number of hydrogen-bond donors (Lipinski definition) is 2. The van der Waals surface area contributed by atoms with Crippen LogP contribution in [0, 0.1) is 0 Å². The molecule has 3 N–H and O–H groups in total. The fourth-order valence-corrected chi connectivity index (χ4v) is 1.84. The third-order valence-electron chi connectivity index (χ3n) is 2.11. The third-order valence-corrected chi connectivity index (χ3v) is 2.71. The van der Waals surface area contributed by atoms with Crippen molar-refractivity contribution in [2.45, 2.75) is 6.42 Å². The molecule has 0 saturated heterocycles. The molecule has 0 unspecified atom stereocenters. The van der Waals surface area contributed by atoms with Gasteiger partial charge in [-0.2, -0.15) is 0 Å². The van der Waals surface area contributed by atoms with Crippen LogP contribution < -0.4 is 11.1 Å². The number of benzene rings is 1. The minimum atomic E-state index is -0.132. The summed E-state index contributed by atoms with van der Waals surface area (Å²) in [5.74, 6) is -0.132. The summed E-state index contributed by atoms with van der Waals surface area (Å²) in [7, 11) is 3.80. The van der Waals surface area contributed by atoms with Gasteiger partial charge in [-0.3, -0.25) is 4.79 Å². The first-order chi connectivity index (χ1) is 7.90. The molecule has 0 fully saturated rings. The zero-order valence-corrected chi connectivity index (χ0v) is 11.3. The standard InChI is InChI=1S/C11H15Cl2N3O/c1-16(2)4-3-10(17)15-11-8(12)5-7(14)6-9(11)13/h5-6H,3-4,14H2,1-2H3,(H,15,17). The van der Waals surface area contributed by atoms with Crippen LogP contribution in [0.25, 0.3) is 0 Å². The first-order valence-electron chi connectivity index (χ1n) is 5.09. The number of hydrogen-bond acceptors (Lipinski definition) is 3. The molecule has 17 heavy (non-hydrogen) atoms. The van der Waals surface area contributed by atoms with E-state index in [0.717, 1.165) is 0 Å². The van der Waals surface area contributed by atoms with Crippen LogP contribution >= 0.6 is 23.2 Å². The molecule has 0 heterocycles. The molecule has 0 aliphatic carbocycles. The molecule has 0 atom stereocenters. The van der Waals surface area contributed by atoms with Crippen LogP contribution in [0.5, 0.6) is 0 Å². The normalized spacial score (nSPS) is 10.6. The van der Waals surface area contributed by atoms with Gasteiger partial charge < -0.3 is 16.0 Å². The predicted molar refractivity (Wildman–Crippen MR) is 72.7 cm³/mol. The molecule has 1 amide bonds. The molecule has 0 aromatic heterocycles. The van der Waals surface area contributed by atoms with Crippen LogP contribution in [0.15, 0.2) is 12.1 Å². The lowest BCUT2D eigenvalue weighted by Crippen LogP contribution is -2.21. The highest BCUT2D eigenvalue weighted by molar-refractivity contribution is 6.40. The Morgan fingerprint density at radius 3 is 2.35 bits per heavy atom. The highest BCUT2D eigenvalue weighted by Crippen LogP contribution is 2.32. The molecular formula is C11H15Cl2N3O. The molecule has 0 radical (unpaired) electrons. The number of rotatable bonds is 4. The first kappa shape index (κ1) is 14.1. The number of nitrogens with two attached hydrogens (primary N) is 1. The Balaban J connectivity index is 2.72. The molecule has 1 rings (SSSR count). The molecule has 0 spiro atoms. The molecule has 4 nitrogen and oxygen atoms in total. The van der Waals surface area contributed by atoms with E-state index in [1.807, 2.05) is 19.0 Å². The van der Waals surface area contributed by atoms with Gasteiger partial charge in [0.15, 0.2) is 0 Å². The van der Waals surface area contributed by atoms with Crippen LogP contribution in [0.4, 0.5) is 11.4 Å². The van der Waals surface area contributed by atoms with Crippen molar-refractivity contribution in [3.63, 3.8) is 0 Å². The Bertz CT molecular complexity index is 398. The summed E-state index contributed by atoms with van der Waals surface area (Å²) >= 11 is 11.9. The summed E-state index contributed by atoms with van der Waals surface area (Å²) in [5.41, 5.74) is 6.44. The lowest BCUT2D eigenvalue weighted by atomic mass is 10.2. The van der Waals surface area contributed by atoms with Crippen molar-refractivity contribution in [3.05, 3.63) is 22.2 Å². The average Bonchev–Trinajstić information content (AvgIpc) is 2.20. The Hall–Kier alpha value is -0.970. The third kappa shape index (κ3) is 4.42. The highest BCUT2D eigenvalue weighted by atomic mass is 35.5. The van der Waals surface area contributed by atoms with Gasteiger partial charge in [-0.1, -0.05) is 23.2 Å². The fourth-order valence-electron chi connectivity index (χ4n) is 1.24. The van der Waals surface area contributed by atoms with E-state index in [2.05, 4.69) is 5.32 Å². The maximum atomic E-state index is 11.6. The van der Waals surface area contributed by atoms with E-state index in [1.54, 1.807) is 12.1 Å². The van der Waals surface area contributed by atoms with Crippen LogP contribution in [-0.2, 0) is 4.79 Å². The van der Waals surface area contributed by atoms with Crippen molar-refractivity contribution in [2.24, 2.45) is 0 Å². The molecule has 94 valence electrons. The number of carbonyl (C=O) groups is 1. The minimum absolute atomic E-state index is 0.132. The minimum Gasteiger partial charge on any atom is -0.399 e. The zero-order chi connectivity index (χ0) is 13.0. The van der Waals surface area contributed by atoms with E-state index >= 15 is 0 Å². The second kappa shape index (κ2) is 6.10. The van der Waals surface area contributed by atoms with Gasteiger partial charge in [-0.25, -0.2) is 0 Å². The summed E-state index contributed by atoms with van der Waals surface area (Å²) < 4.78 is 0. The van der Waals surface area contributed by atoms with Gasteiger partial charge in [0.1, 0.15) is 0 Å². The lowest BCUT2D eigenvalue weighted by molar-refractivity contribution is -0.116. The largest absolute Gasteiger partial charge is 0.399 e. The number of nitrogens with zero attached hydrogens (tertiary/aromatic N) is 1. The van der Waals surface area contributed by atoms with Crippen molar-refractivity contribution < 1.29 is 4.79 Å². The first-order valence-corrected chi connectivity index (χ1v) is 5.85. The summed E-state index contributed by atoms with van der Waals surface area (Å²) in [5, 5.41) is 3.36. The quantitative estimate of drug-likeness (QED) is 0.830.